The van der Waals surface area contributed by atoms with E-state index in [1.165, 1.54) is 12.7 Å². The highest BCUT2D eigenvalue weighted by Crippen LogP contribution is 1.99. The summed E-state index contributed by atoms with van der Waals surface area (Å²) in [5.74, 6) is 0. The van der Waals surface area contributed by atoms with Gasteiger partial charge in [-0.25, -0.2) is 10.2 Å². The van der Waals surface area contributed by atoms with E-state index in [-0.39, 0.29) is 0 Å². The number of methoxy groups -OCH3 is 1. The van der Waals surface area contributed by atoms with Crippen molar-refractivity contribution in [2.75, 3.05) is 7.11 Å². The van der Waals surface area contributed by atoms with Gasteiger partial charge in [-0.05, 0) is 12.5 Å². The number of hydrogen-bond donors (Lipinski definition) is 1. The molecule has 0 aromatic heterocycles. The van der Waals surface area contributed by atoms with Gasteiger partial charge < -0.3 is 4.74 Å². The van der Waals surface area contributed by atoms with Gasteiger partial charge in [0.05, 0.1) is 13.3 Å². The molecule has 4 nitrogen and oxygen atoms in total. The summed E-state index contributed by atoms with van der Waals surface area (Å²) < 4.78 is 4.34. The van der Waals surface area contributed by atoms with Crippen molar-refractivity contribution >= 4 is 12.3 Å². The summed E-state index contributed by atoms with van der Waals surface area (Å²) in [4.78, 5) is 10.6. The van der Waals surface area contributed by atoms with Gasteiger partial charge in [0.1, 0.15) is 0 Å². The van der Waals surface area contributed by atoms with Gasteiger partial charge >= 0.3 is 6.09 Å². The van der Waals surface area contributed by atoms with Gasteiger partial charge in [0.2, 0.25) is 0 Å². The maximum absolute atomic E-state index is 10.6. The lowest BCUT2D eigenvalue weighted by molar-refractivity contribution is 0.171. The van der Waals surface area contributed by atoms with Crippen molar-refractivity contribution in [3.63, 3.8) is 0 Å². The van der Waals surface area contributed by atoms with E-state index in [0.717, 1.165) is 5.56 Å². The van der Waals surface area contributed by atoms with Gasteiger partial charge in [0.25, 0.3) is 0 Å². The molecule has 0 unspecified atom stereocenters. The first-order valence-corrected chi connectivity index (χ1v) is 4.16. The van der Waals surface area contributed by atoms with Crippen LogP contribution in [0.2, 0.25) is 0 Å². The summed E-state index contributed by atoms with van der Waals surface area (Å²) in [7, 11) is 1.29. The molecule has 14 heavy (non-hydrogen) atoms. The summed E-state index contributed by atoms with van der Waals surface area (Å²) in [6.07, 6.45) is 0.976. The number of hydrazone groups is 1. The highest BCUT2D eigenvalue weighted by molar-refractivity contribution is 5.80. The number of hydrogen-bond acceptors (Lipinski definition) is 3. The Balaban J connectivity index is 2.52. The van der Waals surface area contributed by atoms with Gasteiger partial charge in [0, 0.05) is 0 Å². The molecule has 0 radical (unpaired) electrons. The van der Waals surface area contributed by atoms with Crippen molar-refractivity contribution in [3.05, 3.63) is 35.4 Å². The molecular weight excluding hydrogens is 180 g/mol. The second kappa shape index (κ2) is 5.01. The lowest BCUT2D eigenvalue weighted by Gasteiger charge is -1.96. The maximum Gasteiger partial charge on any atom is 0.427 e. The fourth-order valence-electron chi connectivity index (χ4n) is 0.858. The molecule has 4 heteroatoms. The van der Waals surface area contributed by atoms with Crippen LogP contribution in [-0.4, -0.2) is 19.4 Å². The van der Waals surface area contributed by atoms with E-state index in [0.29, 0.717) is 0 Å². The number of ether oxygens (including phenoxy) is 1. The fraction of sp³-hybridized carbons (Fsp3) is 0.200. The summed E-state index contributed by atoms with van der Waals surface area (Å²) in [6, 6.07) is 7.77. The van der Waals surface area contributed by atoms with E-state index >= 15 is 0 Å². The molecule has 0 spiro atoms. The highest BCUT2D eigenvalue weighted by Gasteiger charge is 1.92. The summed E-state index contributed by atoms with van der Waals surface area (Å²) in [5.41, 5.74) is 4.31. The number of benzene rings is 1. The molecule has 0 aliphatic carbocycles. The molecule has 1 N–H and O–H groups in total. The Morgan fingerprint density at radius 1 is 1.43 bits per heavy atom. The first-order valence-electron chi connectivity index (χ1n) is 4.16. The zero-order valence-corrected chi connectivity index (χ0v) is 8.15. The first-order chi connectivity index (χ1) is 6.72. The third-order valence-corrected chi connectivity index (χ3v) is 1.63. The van der Waals surface area contributed by atoms with Crippen LogP contribution in [0.1, 0.15) is 11.1 Å². The van der Waals surface area contributed by atoms with Gasteiger partial charge in [-0.15, -0.1) is 0 Å². The number of nitrogens with one attached hydrogen (secondary N) is 1. The average Bonchev–Trinajstić information content (AvgIpc) is 2.21. The zero-order valence-electron chi connectivity index (χ0n) is 8.15. The molecule has 1 aromatic rings. The molecule has 74 valence electrons. The molecule has 0 saturated carbocycles. The number of aryl methyl sites for hydroxylation is 1. The minimum absolute atomic E-state index is 0.576. The van der Waals surface area contributed by atoms with E-state index in [2.05, 4.69) is 15.3 Å². The normalized spacial score (nSPS) is 10.1. The molecule has 0 bridgehead atoms. The topological polar surface area (TPSA) is 50.7 Å². The van der Waals surface area contributed by atoms with Gasteiger partial charge in [-0.1, -0.05) is 29.8 Å². The Kier molecular flexibility index (Phi) is 3.67. The Labute approximate surface area is 82.6 Å². The minimum atomic E-state index is -0.576. The van der Waals surface area contributed by atoms with Crippen molar-refractivity contribution in [1.29, 1.82) is 0 Å². The molecule has 1 rings (SSSR count). The monoisotopic (exact) mass is 192 g/mol. The quantitative estimate of drug-likeness (QED) is 0.572. The van der Waals surface area contributed by atoms with E-state index in [4.69, 9.17) is 0 Å². The van der Waals surface area contributed by atoms with Crippen LogP contribution in [0.25, 0.3) is 0 Å². The predicted molar refractivity (Wildman–Crippen MR) is 54.3 cm³/mol. The van der Waals surface area contributed by atoms with Crippen molar-refractivity contribution in [3.8, 4) is 0 Å². The van der Waals surface area contributed by atoms with Crippen LogP contribution in [0, 0.1) is 6.92 Å². The predicted octanol–water partition coefficient (Wildman–Crippen LogP) is 1.68. The number of nitrogens with zero attached hydrogens (tertiary/aromatic N) is 1. The Morgan fingerprint density at radius 3 is 2.64 bits per heavy atom. The van der Waals surface area contributed by atoms with Crippen LogP contribution in [0.5, 0.6) is 0 Å². The third kappa shape index (κ3) is 3.26. The zero-order chi connectivity index (χ0) is 10.4. The van der Waals surface area contributed by atoms with E-state index in [1.54, 1.807) is 6.21 Å². The number of carbonyl (C=O) groups excluding carboxylic acids is 1. The van der Waals surface area contributed by atoms with Crippen LogP contribution in [-0.2, 0) is 4.74 Å². The van der Waals surface area contributed by atoms with E-state index in [1.807, 2.05) is 31.2 Å². The van der Waals surface area contributed by atoms with E-state index in [9.17, 15) is 4.79 Å². The Bertz CT molecular complexity index is 330. The SMILES string of the molecule is COC(=O)N/N=C\c1ccc(C)cc1. The number of amides is 1. The van der Waals surface area contributed by atoms with Gasteiger partial charge in [0.15, 0.2) is 0 Å². The second-order valence-corrected chi connectivity index (χ2v) is 2.77. The molecule has 1 amide bonds. The van der Waals surface area contributed by atoms with Gasteiger partial charge in [-0.3, -0.25) is 0 Å². The van der Waals surface area contributed by atoms with Crippen LogP contribution in [0.15, 0.2) is 29.4 Å². The Morgan fingerprint density at radius 2 is 2.07 bits per heavy atom. The minimum Gasteiger partial charge on any atom is -0.452 e. The van der Waals surface area contributed by atoms with Crippen LogP contribution < -0.4 is 5.43 Å². The lowest BCUT2D eigenvalue weighted by Crippen LogP contribution is -2.16. The van der Waals surface area contributed by atoms with E-state index < -0.39 is 6.09 Å². The Hall–Kier alpha value is -1.84. The average molecular weight is 192 g/mol. The number of rotatable bonds is 2. The van der Waals surface area contributed by atoms with Crippen molar-refractivity contribution in [2.24, 2.45) is 5.10 Å². The summed E-state index contributed by atoms with van der Waals surface area (Å²) in [5, 5.41) is 3.69. The van der Waals surface area contributed by atoms with Crippen LogP contribution in [0.3, 0.4) is 0 Å². The molecule has 0 atom stereocenters. The van der Waals surface area contributed by atoms with Crippen molar-refractivity contribution < 1.29 is 9.53 Å². The highest BCUT2D eigenvalue weighted by atomic mass is 16.5. The first kappa shape index (κ1) is 10.2. The van der Waals surface area contributed by atoms with Crippen LogP contribution >= 0.6 is 0 Å². The van der Waals surface area contributed by atoms with Crippen molar-refractivity contribution in [1.82, 2.24) is 5.43 Å². The lowest BCUT2D eigenvalue weighted by atomic mass is 10.2. The molecule has 0 aliphatic heterocycles. The molecule has 0 heterocycles. The molecular formula is C10H12N2O2. The summed E-state index contributed by atoms with van der Waals surface area (Å²) in [6.45, 7) is 2.01. The second-order valence-electron chi connectivity index (χ2n) is 2.77. The van der Waals surface area contributed by atoms with Gasteiger partial charge in [-0.2, -0.15) is 5.10 Å². The largest absolute Gasteiger partial charge is 0.452 e. The molecule has 1 aromatic carbocycles. The van der Waals surface area contributed by atoms with Crippen LogP contribution in [0.4, 0.5) is 4.79 Å². The van der Waals surface area contributed by atoms with Crippen molar-refractivity contribution in [2.45, 2.75) is 6.92 Å². The third-order valence-electron chi connectivity index (χ3n) is 1.63. The number of carbonyl (C=O) groups is 1. The fourth-order valence-corrected chi connectivity index (χ4v) is 0.858. The molecule has 0 saturated heterocycles. The molecule has 0 aliphatic rings. The standard InChI is InChI=1S/C10H12N2O2/c1-8-3-5-9(6-4-8)7-11-12-10(13)14-2/h3-7H,1-2H3,(H,12,13)/b11-7-. The smallest absolute Gasteiger partial charge is 0.427 e. The molecule has 0 fully saturated rings. The maximum atomic E-state index is 10.6. The summed E-state index contributed by atoms with van der Waals surface area (Å²) >= 11 is 0.